The molecule has 3 aromatic rings. The summed E-state index contributed by atoms with van der Waals surface area (Å²) in [6.07, 6.45) is 3.43. The summed E-state index contributed by atoms with van der Waals surface area (Å²) < 4.78 is 0.871. The van der Waals surface area contributed by atoms with Gasteiger partial charge in [-0.1, -0.05) is 30.3 Å². The third-order valence-electron chi connectivity index (χ3n) is 2.91. The fourth-order valence-electron chi connectivity index (χ4n) is 1.94. The second kappa shape index (κ2) is 5.99. The van der Waals surface area contributed by atoms with Gasteiger partial charge in [0.1, 0.15) is 5.82 Å². The van der Waals surface area contributed by atoms with Crippen LogP contribution in [0.15, 0.2) is 59.3 Å². The number of nitrogens with one attached hydrogen (secondary N) is 1. The molecule has 0 aliphatic rings. The van der Waals surface area contributed by atoms with Crippen LogP contribution in [0.5, 0.6) is 0 Å². The number of hydrazine groups is 1. The summed E-state index contributed by atoms with van der Waals surface area (Å²) in [5.74, 6) is 6.63. The number of aromatic nitrogens is 3. The highest BCUT2D eigenvalue weighted by Crippen LogP contribution is 2.24. The fourth-order valence-corrected chi connectivity index (χ4v) is 2.31. The predicted octanol–water partition coefficient (Wildman–Crippen LogP) is 3.25. The average molecular weight is 342 g/mol. The summed E-state index contributed by atoms with van der Waals surface area (Å²) in [6.45, 7) is 0. The van der Waals surface area contributed by atoms with Crippen molar-refractivity contribution in [3.8, 4) is 22.6 Å². The van der Waals surface area contributed by atoms with Gasteiger partial charge in [-0.3, -0.25) is 4.98 Å². The first-order chi connectivity index (χ1) is 10.3. The minimum atomic E-state index is 0.554. The maximum atomic E-state index is 5.51. The monoisotopic (exact) mass is 341 g/mol. The summed E-state index contributed by atoms with van der Waals surface area (Å²) in [7, 11) is 0. The molecule has 0 aliphatic carbocycles. The Morgan fingerprint density at radius 2 is 1.76 bits per heavy atom. The number of pyridine rings is 1. The maximum Gasteiger partial charge on any atom is 0.163 e. The zero-order chi connectivity index (χ0) is 14.7. The van der Waals surface area contributed by atoms with Crippen molar-refractivity contribution in [3.05, 3.63) is 59.3 Å². The Hall–Kier alpha value is -2.31. The van der Waals surface area contributed by atoms with Crippen LogP contribution in [0.1, 0.15) is 0 Å². The van der Waals surface area contributed by atoms with Crippen molar-refractivity contribution in [1.29, 1.82) is 0 Å². The molecule has 0 spiro atoms. The molecule has 0 fully saturated rings. The summed E-state index contributed by atoms with van der Waals surface area (Å²) >= 11 is 3.40. The molecule has 104 valence electrons. The molecule has 1 aromatic carbocycles. The van der Waals surface area contributed by atoms with E-state index in [9.17, 15) is 0 Å². The molecule has 6 heteroatoms. The van der Waals surface area contributed by atoms with Crippen molar-refractivity contribution in [2.24, 2.45) is 5.84 Å². The Labute approximate surface area is 130 Å². The van der Waals surface area contributed by atoms with E-state index < -0.39 is 0 Å². The maximum absolute atomic E-state index is 5.51. The van der Waals surface area contributed by atoms with Gasteiger partial charge in [-0.15, -0.1) is 0 Å². The van der Waals surface area contributed by atoms with E-state index >= 15 is 0 Å². The predicted molar refractivity (Wildman–Crippen MR) is 86.2 cm³/mol. The molecule has 0 amide bonds. The number of rotatable bonds is 3. The zero-order valence-electron chi connectivity index (χ0n) is 11.0. The Kier molecular flexibility index (Phi) is 3.89. The third kappa shape index (κ3) is 3.07. The number of nitrogen functional groups attached to an aromatic ring is 1. The van der Waals surface area contributed by atoms with E-state index in [1.165, 1.54) is 0 Å². The van der Waals surface area contributed by atoms with Crippen molar-refractivity contribution in [1.82, 2.24) is 15.0 Å². The van der Waals surface area contributed by atoms with Gasteiger partial charge in [0.2, 0.25) is 0 Å². The molecule has 3 N–H and O–H groups in total. The van der Waals surface area contributed by atoms with Gasteiger partial charge >= 0.3 is 0 Å². The van der Waals surface area contributed by atoms with E-state index in [1.54, 1.807) is 12.4 Å². The van der Waals surface area contributed by atoms with Crippen molar-refractivity contribution in [3.63, 3.8) is 0 Å². The van der Waals surface area contributed by atoms with Crippen molar-refractivity contribution in [2.45, 2.75) is 0 Å². The van der Waals surface area contributed by atoms with Gasteiger partial charge in [0.15, 0.2) is 5.82 Å². The first kappa shape index (κ1) is 13.7. The summed E-state index contributed by atoms with van der Waals surface area (Å²) in [4.78, 5) is 13.1. The van der Waals surface area contributed by atoms with Crippen LogP contribution < -0.4 is 11.3 Å². The largest absolute Gasteiger partial charge is 0.308 e. The third-order valence-corrected chi connectivity index (χ3v) is 3.34. The first-order valence-corrected chi connectivity index (χ1v) is 7.07. The molecule has 0 atom stereocenters. The first-order valence-electron chi connectivity index (χ1n) is 6.28. The molecule has 5 nitrogen and oxygen atoms in total. The molecule has 0 radical (unpaired) electrons. The van der Waals surface area contributed by atoms with Gasteiger partial charge in [0.05, 0.1) is 5.69 Å². The molecular weight excluding hydrogens is 330 g/mol. The molecule has 0 unspecified atom stereocenters. The molecule has 3 rings (SSSR count). The summed E-state index contributed by atoms with van der Waals surface area (Å²) in [5, 5.41) is 0. The van der Waals surface area contributed by atoms with Crippen LogP contribution in [0.3, 0.4) is 0 Å². The Morgan fingerprint density at radius 1 is 0.952 bits per heavy atom. The van der Waals surface area contributed by atoms with Gasteiger partial charge < -0.3 is 5.43 Å². The molecule has 0 aliphatic heterocycles. The lowest BCUT2D eigenvalue weighted by Gasteiger charge is -2.08. The lowest BCUT2D eigenvalue weighted by Crippen LogP contribution is -2.10. The average Bonchev–Trinajstić information content (AvgIpc) is 2.55. The molecule has 21 heavy (non-hydrogen) atoms. The Morgan fingerprint density at radius 3 is 2.48 bits per heavy atom. The van der Waals surface area contributed by atoms with Crippen LogP contribution in [0.2, 0.25) is 0 Å². The van der Waals surface area contributed by atoms with E-state index in [4.69, 9.17) is 5.84 Å². The normalized spacial score (nSPS) is 10.4. The van der Waals surface area contributed by atoms with E-state index in [1.807, 2.05) is 42.5 Å². The Balaban J connectivity index is 2.14. The van der Waals surface area contributed by atoms with Crippen LogP contribution in [0, 0.1) is 0 Å². The topological polar surface area (TPSA) is 76.7 Å². The number of hydrogen-bond donors (Lipinski definition) is 2. The molecule has 0 bridgehead atoms. The van der Waals surface area contributed by atoms with Gasteiger partial charge in [0, 0.05) is 34.1 Å². The second-order valence-electron chi connectivity index (χ2n) is 4.36. The number of hydrogen-bond acceptors (Lipinski definition) is 5. The van der Waals surface area contributed by atoms with Crippen molar-refractivity contribution in [2.75, 3.05) is 5.43 Å². The highest BCUT2D eigenvalue weighted by Gasteiger charge is 2.08. The summed E-state index contributed by atoms with van der Waals surface area (Å²) in [6, 6.07) is 13.6. The van der Waals surface area contributed by atoms with Crippen LogP contribution >= 0.6 is 15.9 Å². The minimum Gasteiger partial charge on any atom is -0.308 e. The summed E-state index contributed by atoms with van der Waals surface area (Å²) in [5.41, 5.74) is 5.20. The van der Waals surface area contributed by atoms with Gasteiger partial charge in [-0.25, -0.2) is 15.8 Å². The molecule has 0 saturated heterocycles. The van der Waals surface area contributed by atoms with E-state index in [0.717, 1.165) is 21.3 Å². The number of nitrogens with zero attached hydrogens (tertiary/aromatic N) is 3. The highest BCUT2D eigenvalue weighted by molar-refractivity contribution is 9.10. The SMILES string of the molecule is NNc1cc(-c2ccccc2)nc(-c2cncc(Br)c2)n1. The quantitative estimate of drug-likeness (QED) is 0.564. The van der Waals surface area contributed by atoms with Crippen molar-refractivity contribution < 1.29 is 0 Å². The van der Waals surface area contributed by atoms with Gasteiger partial charge in [-0.2, -0.15) is 0 Å². The smallest absolute Gasteiger partial charge is 0.163 e. The standard InChI is InChI=1S/C15H12BrN5/c16-12-6-11(8-18-9-12)15-19-13(7-14(20-15)21-17)10-4-2-1-3-5-10/h1-9H,17H2,(H,19,20,21). The fraction of sp³-hybridized carbons (Fsp3) is 0. The molecule has 2 aromatic heterocycles. The Bertz CT molecular complexity index is 761. The lowest BCUT2D eigenvalue weighted by molar-refractivity contribution is 1.14. The number of anilines is 1. The molecular formula is C15H12BrN5. The van der Waals surface area contributed by atoms with Gasteiger partial charge in [-0.05, 0) is 22.0 Å². The molecule has 0 saturated carbocycles. The van der Waals surface area contributed by atoms with Crippen LogP contribution in [0.4, 0.5) is 5.82 Å². The second-order valence-corrected chi connectivity index (χ2v) is 5.28. The molecule has 2 heterocycles. The number of halogens is 1. The highest BCUT2D eigenvalue weighted by atomic mass is 79.9. The van der Waals surface area contributed by atoms with Crippen molar-refractivity contribution >= 4 is 21.7 Å². The number of nitrogens with two attached hydrogens (primary N) is 1. The van der Waals surface area contributed by atoms with Crippen LogP contribution in [0.25, 0.3) is 22.6 Å². The van der Waals surface area contributed by atoms with Crippen LogP contribution in [-0.2, 0) is 0 Å². The lowest BCUT2D eigenvalue weighted by atomic mass is 10.1. The van der Waals surface area contributed by atoms with E-state index in [0.29, 0.717) is 11.6 Å². The van der Waals surface area contributed by atoms with E-state index in [-0.39, 0.29) is 0 Å². The zero-order valence-corrected chi connectivity index (χ0v) is 12.6. The van der Waals surface area contributed by atoms with Gasteiger partial charge in [0.25, 0.3) is 0 Å². The minimum absolute atomic E-state index is 0.554. The van der Waals surface area contributed by atoms with E-state index in [2.05, 4.69) is 36.3 Å². The van der Waals surface area contributed by atoms with Crippen LogP contribution in [-0.4, -0.2) is 15.0 Å². The number of benzene rings is 1.